The Balaban J connectivity index is 1.71. The molecule has 5 atom stereocenters. The van der Waals surface area contributed by atoms with Gasteiger partial charge in [0.05, 0.1) is 24.9 Å². The normalized spacial score (nSPS) is 26.3. The first kappa shape index (κ1) is 24.0. The maximum atomic E-state index is 12.0. The molecule has 0 spiro atoms. The van der Waals surface area contributed by atoms with E-state index in [0.29, 0.717) is 12.3 Å². The predicted octanol–water partition coefficient (Wildman–Crippen LogP) is 4.90. The van der Waals surface area contributed by atoms with Gasteiger partial charge < -0.3 is 14.9 Å². The Morgan fingerprint density at radius 3 is 2.66 bits per heavy atom. The Kier molecular flexibility index (Phi) is 9.81. The molecule has 1 heterocycles. The van der Waals surface area contributed by atoms with Gasteiger partial charge in [-0.2, -0.15) is 0 Å². The van der Waals surface area contributed by atoms with Gasteiger partial charge in [-0.05, 0) is 76.0 Å². The molecule has 164 valence electrons. The zero-order valence-corrected chi connectivity index (χ0v) is 18.7. The van der Waals surface area contributed by atoms with Gasteiger partial charge in [0.2, 0.25) is 0 Å². The van der Waals surface area contributed by atoms with E-state index in [1.807, 2.05) is 19.1 Å². The molecule has 0 radical (unpaired) electrons. The van der Waals surface area contributed by atoms with Gasteiger partial charge in [-0.1, -0.05) is 37.5 Å². The number of hydrogen-bond donors (Lipinski definition) is 2. The molecule has 3 unspecified atom stereocenters. The van der Waals surface area contributed by atoms with E-state index in [-0.39, 0.29) is 36.6 Å². The fourth-order valence-electron chi connectivity index (χ4n) is 4.29. The minimum Gasteiger partial charge on any atom is -0.393 e. The summed E-state index contributed by atoms with van der Waals surface area (Å²) in [5, 5.41) is 20.0. The molecule has 0 saturated heterocycles. The number of carbonyl (C=O) groups is 1. The van der Waals surface area contributed by atoms with Crippen LogP contribution >= 0.6 is 0 Å². The maximum Gasteiger partial charge on any atom is 0.159 e. The van der Waals surface area contributed by atoms with Crippen LogP contribution in [0, 0.1) is 11.8 Å². The van der Waals surface area contributed by atoms with E-state index in [0.717, 1.165) is 56.1 Å². The third-order valence-electron chi connectivity index (χ3n) is 6.24. The van der Waals surface area contributed by atoms with E-state index in [2.05, 4.69) is 26.8 Å². The van der Waals surface area contributed by atoms with Gasteiger partial charge in [0.25, 0.3) is 0 Å². The quantitative estimate of drug-likeness (QED) is 0.481. The van der Waals surface area contributed by atoms with Crippen LogP contribution in [0.1, 0.15) is 79.1 Å². The molecular formula is C25H40O4. The van der Waals surface area contributed by atoms with Crippen LogP contribution in [0.4, 0.5) is 0 Å². The lowest BCUT2D eigenvalue weighted by atomic mass is 9.79. The van der Waals surface area contributed by atoms with Crippen molar-refractivity contribution in [3.63, 3.8) is 0 Å². The summed E-state index contributed by atoms with van der Waals surface area (Å²) in [7, 11) is 0. The number of ketones is 1. The van der Waals surface area contributed by atoms with Crippen molar-refractivity contribution in [2.45, 2.75) is 97.4 Å². The summed E-state index contributed by atoms with van der Waals surface area (Å²) in [4.78, 5) is 12.0. The third kappa shape index (κ3) is 7.84. The van der Waals surface area contributed by atoms with Gasteiger partial charge in [0.15, 0.2) is 5.78 Å². The van der Waals surface area contributed by atoms with E-state index in [9.17, 15) is 15.0 Å². The molecule has 0 amide bonds. The predicted molar refractivity (Wildman–Crippen MR) is 118 cm³/mol. The molecule has 0 saturated carbocycles. The zero-order chi connectivity index (χ0) is 21.4. The average molecular weight is 405 g/mol. The van der Waals surface area contributed by atoms with Crippen molar-refractivity contribution in [3.05, 3.63) is 34.9 Å². The minimum atomic E-state index is -0.252. The smallest absolute Gasteiger partial charge is 0.159 e. The molecule has 1 aliphatic carbocycles. The van der Waals surface area contributed by atoms with E-state index >= 15 is 0 Å². The third-order valence-corrected chi connectivity index (χ3v) is 6.24. The Morgan fingerprint density at radius 1 is 1.24 bits per heavy atom. The van der Waals surface area contributed by atoms with Crippen LogP contribution in [-0.2, 0) is 9.53 Å². The maximum absolute atomic E-state index is 12.0. The topological polar surface area (TPSA) is 66.8 Å². The van der Waals surface area contributed by atoms with Crippen LogP contribution < -0.4 is 0 Å². The number of carbonyl (C=O) groups excluding carboxylic acids is 1. The lowest BCUT2D eigenvalue weighted by Crippen LogP contribution is -2.38. The summed E-state index contributed by atoms with van der Waals surface area (Å²) >= 11 is 0. The number of fused-ring (bicyclic) bond motifs is 1. The average Bonchev–Trinajstić information content (AvgIpc) is 2.67. The number of Topliss-reactive ketones (excluding diaryl/α,β-unsaturated/α-hetero) is 1. The van der Waals surface area contributed by atoms with Crippen LogP contribution in [-0.4, -0.2) is 40.9 Å². The summed E-state index contributed by atoms with van der Waals surface area (Å²) in [6, 6.07) is 0. The van der Waals surface area contributed by atoms with Gasteiger partial charge in [-0.15, -0.1) is 0 Å². The molecular weight excluding hydrogens is 364 g/mol. The Bertz CT molecular complexity index is 627. The highest BCUT2D eigenvalue weighted by Crippen LogP contribution is 2.35. The molecule has 2 aliphatic rings. The van der Waals surface area contributed by atoms with Crippen LogP contribution in [0.3, 0.4) is 0 Å². The van der Waals surface area contributed by atoms with Gasteiger partial charge in [-0.25, -0.2) is 0 Å². The molecule has 0 bridgehead atoms. The second kappa shape index (κ2) is 11.8. The van der Waals surface area contributed by atoms with Crippen molar-refractivity contribution in [3.8, 4) is 0 Å². The summed E-state index contributed by atoms with van der Waals surface area (Å²) in [5.74, 6) is 0.791. The first-order chi connectivity index (χ1) is 13.8. The number of aliphatic hydroxyl groups is 2. The lowest BCUT2D eigenvalue weighted by molar-refractivity contribution is -0.119. The van der Waals surface area contributed by atoms with Crippen molar-refractivity contribution in [1.29, 1.82) is 0 Å². The van der Waals surface area contributed by atoms with Gasteiger partial charge in [0, 0.05) is 12.3 Å². The molecule has 4 heteroatoms. The molecule has 0 aromatic rings. The van der Waals surface area contributed by atoms with E-state index in [4.69, 9.17) is 4.74 Å². The Hall–Kier alpha value is -1.23. The highest BCUT2D eigenvalue weighted by molar-refractivity contribution is 5.96. The zero-order valence-electron chi connectivity index (χ0n) is 18.7. The number of allylic oxidation sites excluding steroid dienone is 3. The van der Waals surface area contributed by atoms with Gasteiger partial charge in [0.1, 0.15) is 0 Å². The SMILES string of the molecule is CC(C)=CCC(C)CCC[C@@H](O)CCC[C@H]1C=C(CO)C2CC(=O)C(C)=CC2O1. The molecule has 0 aromatic heterocycles. The molecule has 1 aliphatic heterocycles. The Morgan fingerprint density at radius 2 is 1.97 bits per heavy atom. The van der Waals surface area contributed by atoms with Crippen molar-refractivity contribution in [1.82, 2.24) is 0 Å². The van der Waals surface area contributed by atoms with Gasteiger partial charge in [-0.3, -0.25) is 4.79 Å². The first-order valence-corrected chi connectivity index (χ1v) is 11.3. The van der Waals surface area contributed by atoms with Crippen LogP contribution in [0.15, 0.2) is 34.9 Å². The molecule has 2 rings (SSSR count). The molecule has 0 aromatic carbocycles. The van der Waals surface area contributed by atoms with Crippen molar-refractivity contribution < 1.29 is 19.7 Å². The number of rotatable bonds is 11. The summed E-state index contributed by atoms with van der Waals surface area (Å²) < 4.78 is 6.18. The number of aliphatic hydroxyl groups excluding tert-OH is 2. The number of ether oxygens (including phenoxy) is 1. The monoisotopic (exact) mass is 404 g/mol. The van der Waals surface area contributed by atoms with Crippen LogP contribution in [0.5, 0.6) is 0 Å². The number of hydrogen-bond acceptors (Lipinski definition) is 4. The highest BCUT2D eigenvalue weighted by atomic mass is 16.5. The lowest BCUT2D eigenvalue weighted by Gasteiger charge is -2.37. The van der Waals surface area contributed by atoms with Crippen molar-refractivity contribution in [2.75, 3.05) is 6.61 Å². The fourth-order valence-corrected chi connectivity index (χ4v) is 4.29. The molecule has 4 nitrogen and oxygen atoms in total. The highest BCUT2D eigenvalue weighted by Gasteiger charge is 2.36. The summed E-state index contributed by atoms with van der Waals surface area (Å²) in [5.41, 5.74) is 3.06. The van der Waals surface area contributed by atoms with Crippen molar-refractivity contribution in [2.24, 2.45) is 11.8 Å². The van der Waals surface area contributed by atoms with E-state index in [1.54, 1.807) is 0 Å². The minimum absolute atomic E-state index is 0.0191. The summed E-state index contributed by atoms with van der Waals surface area (Å²) in [6.07, 6.45) is 12.9. The van der Waals surface area contributed by atoms with Crippen molar-refractivity contribution >= 4 is 5.78 Å². The molecule has 2 N–H and O–H groups in total. The second-order valence-corrected chi connectivity index (χ2v) is 9.26. The Labute approximate surface area is 176 Å². The van der Waals surface area contributed by atoms with E-state index < -0.39 is 0 Å². The molecule has 29 heavy (non-hydrogen) atoms. The van der Waals surface area contributed by atoms with Crippen LogP contribution in [0.25, 0.3) is 0 Å². The van der Waals surface area contributed by atoms with E-state index in [1.165, 1.54) is 5.57 Å². The molecule has 0 fully saturated rings. The second-order valence-electron chi connectivity index (χ2n) is 9.26. The fraction of sp³-hybridized carbons (Fsp3) is 0.720. The van der Waals surface area contributed by atoms with Crippen LogP contribution in [0.2, 0.25) is 0 Å². The first-order valence-electron chi connectivity index (χ1n) is 11.3. The summed E-state index contributed by atoms with van der Waals surface area (Å²) in [6.45, 7) is 8.37. The van der Waals surface area contributed by atoms with Gasteiger partial charge >= 0.3 is 0 Å². The largest absolute Gasteiger partial charge is 0.393 e. The standard InChI is InChI=1S/C25H40O4/c1-17(2)11-12-18(3)7-5-8-21(27)9-6-10-22-14-20(16-26)23-15-24(28)19(4)13-25(23)29-22/h11,13-14,18,21-23,25-27H,5-10,12,15-16H2,1-4H3/t18?,21-,22+,23?,25?/m1/s1.